The van der Waals surface area contributed by atoms with Crippen LogP contribution in [-0.2, 0) is 11.2 Å². The molecule has 0 saturated carbocycles. The largest absolute Gasteiger partial charge is 0.338 e. The van der Waals surface area contributed by atoms with E-state index in [1.807, 2.05) is 17.0 Å². The standard InChI is InChI=1S/C15H23N3O/c1-12-3-2-10-18(14(12)11-16)15(19)5-4-13-6-8-17-9-7-13/h6-9,12,14H,2-5,10-11,16H2,1H3/t12-,14-/m1/s1. The Morgan fingerprint density at radius 3 is 2.89 bits per heavy atom. The van der Waals surface area contributed by atoms with Gasteiger partial charge >= 0.3 is 0 Å². The van der Waals surface area contributed by atoms with Crippen molar-refractivity contribution in [3.05, 3.63) is 30.1 Å². The van der Waals surface area contributed by atoms with Gasteiger partial charge < -0.3 is 10.6 Å². The maximum absolute atomic E-state index is 12.3. The monoisotopic (exact) mass is 261 g/mol. The molecular formula is C15H23N3O. The van der Waals surface area contributed by atoms with Gasteiger partial charge in [-0.1, -0.05) is 6.92 Å². The van der Waals surface area contributed by atoms with Gasteiger partial charge in [-0.25, -0.2) is 0 Å². The number of nitrogens with two attached hydrogens (primary N) is 1. The number of likely N-dealkylation sites (tertiary alicyclic amines) is 1. The van der Waals surface area contributed by atoms with E-state index < -0.39 is 0 Å². The topological polar surface area (TPSA) is 59.2 Å². The number of rotatable bonds is 4. The molecule has 2 rings (SSSR count). The number of nitrogens with zero attached hydrogens (tertiary/aromatic N) is 2. The zero-order valence-electron chi connectivity index (χ0n) is 11.6. The minimum atomic E-state index is 0.221. The summed E-state index contributed by atoms with van der Waals surface area (Å²) in [4.78, 5) is 18.3. The van der Waals surface area contributed by atoms with Gasteiger partial charge in [-0.05, 0) is 42.9 Å². The van der Waals surface area contributed by atoms with Crippen molar-refractivity contribution in [1.82, 2.24) is 9.88 Å². The second-order valence-electron chi connectivity index (χ2n) is 5.37. The molecule has 0 bridgehead atoms. The van der Waals surface area contributed by atoms with Crippen molar-refractivity contribution in [3.8, 4) is 0 Å². The highest BCUT2D eigenvalue weighted by atomic mass is 16.2. The van der Waals surface area contributed by atoms with Crippen LogP contribution >= 0.6 is 0 Å². The summed E-state index contributed by atoms with van der Waals surface area (Å²) in [6.07, 6.45) is 7.16. The number of carbonyl (C=O) groups is 1. The average molecular weight is 261 g/mol. The molecule has 0 unspecified atom stereocenters. The van der Waals surface area contributed by atoms with Crippen LogP contribution in [0.15, 0.2) is 24.5 Å². The van der Waals surface area contributed by atoms with E-state index in [0.29, 0.717) is 18.9 Å². The van der Waals surface area contributed by atoms with Gasteiger partial charge in [0.05, 0.1) is 0 Å². The van der Waals surface area contributed by atoms with E-state index in [-0.39, 0.29) is 11.9 Å². The van der Waals surface area contributed by atoms with Crippen LogP contribution in [0.3, 0.4) is 0 Å². The van der Waals surface area contributed by atoms with Gasteiger partial charge in [0.1, 0.15) is 0 Å². The zero-order valence-corrected chi connectivity index (χ0v) is 11.6. The smallest absolute Gasteiger partial charge is 0.223 e. The van der Waals surface area contributed by atoms with Crippen LogP contribution in [0.4, 0.5) is 0 Å². The summed E-state index contributed by atoms with van der Waals surface area (Å²) in [5, 5.41) is 0. The van der Waals surface area contributed by atoms with Crippen LogP contribution in [-0.4, -0.2) is 34.9 Å². The summed E-state index contributed by atoms with van der Waals surface area (Å²) < 4.78 is 0. The Kier molecular flexibility index (Phi) is 4.91. The molecule has 2 N–H and O–H groups in total. The molecule has 4 heteroatoms. The third-order valence-corrected chi connectivity index (χ3v) is 4.05. The Hall–Kier alpha value is -1.42. The van der Waals surface area contributed by atoms with E-state index in [0.717, 1.165) is 24.9 Å². The summed E-state index contributed by atoms with van der Waals surface area (Å²) >= 11 is 0. The van der Waals surface area contributed by atoms with E-state index in [9.17, 15) is 4.79 Å². The summed E-state index contributed by atoms with van der Waals surface area (Å²) in [5.74, 6) is 0.752. The molecule has 1 aliphatic heterocycles. The molecular weight excluding hydrogens is 238 g/mol. The van der Waals surface area contributed by atoms with Crippen LogP contribution in [0, 0.1) is 5.92 Å². The lowest BCUT2D eigenvalue weighted by atomic mass is 9.90. The molecule has 1 aliphatic rings. The van der Waals surface area contributed by atoms with Crippen LogP contribution < -0.4 is 5.73 Å². The first-order valence-corrected chi connectivity index (χ1v) is 7.11. The first kappa shape index (κ1) is 14.0. The summed E-state index contributed by atoms with van der Waals surface area (Å²) in [6.45, 7) is 3.63. The number of carbonyl (C=O) groups excluding carboxylic acids is 1. The minimum Gasteiger partial charge on any atom is -0.338 e. The number of aryl methyl sites for hydroxylation is 1. The van der Waals surface area contributed by atoms with E-state index >= 15 is 0 Å². The number of amides is 1. The Bertz CT molecular complexity index is 407. The van der Waals surface area contributed by atoms with Crippen LogP contribution in [0.1, 0.15) is 31.7 Å². The van der Waals surface area contributed by atoms with Gasteiger partial charge in [-0.2, -0.15) is 0 Å². The SMILES string of the molecule is C[C@@H]1CCCN(C(=O)CCc2ccncc2)[C@@H]1CN. The van der Waals surface area contributed by atoms with E-state index in [4.69, 9.17) is 5.73 Å². The lowest BCUT2D eigenvalue weighted by Crippen LogP contribution is -2.51. The highest BCUT2D eigenvalue weighted by molar-refractivity contribution is 5.77. The Morgan fingerprint density at radius 2 is 2.21 bits per heavy atom. The highest BCUT2D eigenvalue weighted by Crippen LogP contribution is 2.23. The minimum absolute atomic E-state index is 0.221. The van der Waals surface area contributed by atoms with Crippen LogP contribution in [0.5, 0.6) is 0 Å². The highest BCUT2D eigenvalue weighted by Gasteiger charge is 2.30. The quantitative estimate of drug-likeness (QED) is 0.895. The normalized spacial score (nSPS) is 23.4. The van der Waals surface area contributed by atoms with Crippen molar-refractivity contribution in [1.29, 1.82) is 0 Å². The van der Waals surface area contributed by atoms with Crippen LogP contribution in [0.25, 0.3) is 0 Å². The molecule has 0 aliphatic carbocycles. The molecule has 0 spiro atoms. The lowest BCUT2D eigenvalue weighted by Gasteiger charge is -2.39. The van der Waals surface area contributed by atoms with Gasteiger partial charge in [0, 0.05) is 37.9 Å². The van der Waals surface area contributed by atoms with Gasteiger partial charge in [0.15, 0.2) is 0 Å². The number of hydrogen-bond acceptors (Lipinski definition) is 3. The fraction of sp³-hybridized carbons (Fsp3) is 0.600. The molecule has 0 aromatic carbocycles. The predicted molar refractivity (Wildman–Crippen MR) is 75.5 cm³/mol. The van der Waals surface area contributed by atoms with Crippen LogP contribution in [0.2, 0.25) is 0 Å². The first-order chi connectivity index (χ1) is 9.22. The van der Waals surface area contributed by atoms with Crippen molar-refractivity contribution >= 4 is 5.91 Å². The Labute approximate surface area is 115 Å². The maximum Gasteiger partial charge on any atom is 0.223 e. The fourth-order valence-electron chi connectivity index (χ4n) is 2.86. The van der Waals surface area contributed by atoms with Crippen molar-refractivity contribution in [2.75, 3.05) is 13.1 Å². The van der Waals surface area contributed by atoms with Gasteiger partial charge in [0.2, 0.25) is 5.91 Å². The molecule has 1 aromatic heterocycles. The van der Waals surface area contributed by atoms with Crippen molar-refractivity contribution in [2.45, 2.75) is 38.6 Å². The van der Waals surface area contributed by atoms with Crippen molar-refractivity contribution in [2.24, 2.45) is 11.7 Å². The molecule has 1 fully saturated rings. The molecule has 104 valence electrons. The molecule has 1 amide bonds. The van der Waals surface area contributed by atoms with Crippen molar-refractivity contribution < 1.29 is 4.79 Å². The molecule has 1 saturated heterocycles. The van der Waals surface area contributed by atoms with Crippen molar-refractivity contribution in [3.63, 3.8) is 0 Å². The number of pyridine rings is 1. The summed E-state index contributed by atoms with van der Waals surface area (Å²) in [6, 6.07) is 4.15. The third kappa shape index (κ3) is 3.53. The van der Waals surface area contributed by atoms with Gasteiger partial charge in [-0.3, -0.25) is 9.78 Å². The van der Waals surface area contributed by atoms with Gasteiger partial charge in [0.25, 0.3) is 0 Å². The first-order valence-electron chi connectivity index (χ1n) is 7.11. The van der Waals surface area contributed by atoms with E-state index in [2.05, 4.69) is 11.9 Å². The molecule has 0 radical (unpaired) electrons. The van der Waals surface area contributed by atoms with E-state index in [1.54, 1.807) is 12.4 Å². The molecule has 19 heavy (non-hydrogen) atoms. The van der Waals surface area contributed by atoms with E-state index in [1.165, 1.54) is 6.42 Å². The second kappa shape index (κ2) is 6.66. The summed E-state index contributed by atoms with van der Waals surface area (Å²) in [5.41, 5.74) is 6.99. The maximum atomic E-state index is 12.3. The zero-order chi connectivity index (χ0) is 13.7. The third-order valence-electron chi connectivity index (χ3n) is 4.05. The molecule has 2 atom stereocenters. The Morgan fingerprint density at radius 1 is 1.47 bits per heavy atom. The molecule has 1 aromatic rings. The predicted octanol–water partition coefficient (Wildman–Crippen LogP) is 1.60. The number of piperidine rings is 1. The average Bonchev–Trinajstić information content (AvgIpc) is 2.45. The fourth-order valence-corrected chi connectivity index (χ4v) is 2.86. The second-order valence-corrected chi connectivity index (χ2v) is 5.37. The number of aromatic nitrogens is 1. The molecule has 2 heterocycles. The summed E-state index contributed by atoms with van der Waals surface area (Å²) in [7, 11) is 0. The Balaban J connectivity index is 1.91. The number of hydrogen-bond donors (Lipinski definition) is 1. The van der Waals surface area contributed by atoms with Gasteiger partial charge in [-0.15, -0.1) is 0 Å². The molecule has 4 nitrogen and oxygen atoms in total. The lowest BCUT2D eigenvalue weighted by molar-refractivity contribution is -0.136.